The van der Waals surface area contributed by atoms with E-state index in [9.17, 15) is 4.79 Å². The topological polar surface area (TPSA) is 64.3 Å². The Morgan fingerprint density at radius 1 is 1.11 bits per heavy atom. The van der Waals surface area contributed by atoms with Gasteiger partial charge in [0.05, 0.1) is 5.69 Å². The predicted molar refractivity (Wildman–Crippen MR) is 114 cm³/mol. The van der Waals surface area contributed by atoms with Gasteiger partial charge in [0.2, 0.25) is 5.95 Å². The number of anilines is 2. The highest BCUT2D eigenvalue weighted by Gasteiger charge is 2.23. The standard InChI is InChI=1S/C22H31N5O/c1-23-19-7-5-6-17(14-19)16-26-12-8-18(9-13-26)20-15-21(28)25-22(24-20)27-10-3-2-4-11-27/h5-7,14-15,18,23H,2-4,8-13,16H2,1H3,(H,24,25,28). The maximum atomic E-state index is 12.2. The summed E-state index contributed by atoms with van der Waals surface area (Å²) in [6.45, 7) is 5.06. The van der Waals surface area contributed by atoms with Crippen LogP contribution in [0.1, 0.15) is 49.3 Å². The van der Waals surface area contributed by atoms with Crippen LogP contribution >= 0.6 is 0 Å². The van der Waals surface area contributed by atoms with Gasteiger partial charge in [-0.1, -0.05) is 12.1 Å². The number of benzene rings is 1. The van der Waals surface area contributed by atoms with E-state index in [-0.39, 0.29) is 5.56 Å². The van der Waals surface area contributed by atoms with Crippen molar-refractivity contribution in [3.8, 4) is 0 Å². The van der Waals surface area contributed by atoms with Gasteiger partial charge in [-0.15, -0.1) is 0 Å². The van der Waals surface area contributed by atoms with Gasteiger partial charge in [-0.3, -0.25) is 14.7 Å². The summed E-state index contributed by atoms with van der Waals surface area (Å²) >= 11 is 0. The van der Waals surface area contributed by atoms with Crippen molar-refractivity contribution in [2.45, 2.75) is 44.6 Å². The van der Waals surface area contributed by atoms with E-state index in [1.165, 1.54) is 24.8 Å². The van der Waals surface area contributed by atoms with E-state index in [1.54, 1.807) is 6.07 Å². The lowest BCUT2D eigenvalue weighted by atomic mass is 9.93. The van der Waals surface area contributed by atoms with Crippen molar-refractivity contribution < 1.29 is 0 Å². The monoisotopic (exact) mass is 381 g/mol. The van der Waals surface area contributed by atoms with Gasteiger partial charge in [0.15, 0.2) is 0 Å². The van der Waals surface area contributed by atoms with Crippen molar-refractivity contribution in [2.24, 2.45) is 0 Å². The number of rotatable bonds is 5. The Bertz CT molecular complexity index is 835. The molecule has 2 saturated heterocycles. The molecule has 2 aromatic rings. The smallest absolute Gasteiger partial charge is 0.252 e. The molecule has 3 heterocycles. The minimum atomic E-state index is -0.0168. The Morgan fingerprint density at radius 2 is 1.89 bits per heavy atom. The van der Waals surface area contributed by atoms with Crippen LogP contribution in [0.4, 0.5) is 11.6 Å². The largest absolute Gasteiger partial charge is 0.388 e. The van der Waals surface area contributed by atoms with Gasteiger partial charge in [0.25, 0.3) is 5.56 Å². The molecule has 6 nitrogen and oxygen atoms in total. The molecular weight excluding hydrogens is 350 g/mol. The number of H-pyrrole nitrogens is 1. The van der Waals surface area contributed by atoms with Crippen LogP contribution in [0.3, 0.4) is 0 Å². The molecule has 150 valence electrons. The second-order valence-electron chi connectivity index (χ2n) is 8.04. The van der Waals surface area contributed by atoms with Gasteiger partial charge >= 0.3 is 0 Å². The normalized spacial score (nSPS) is 19.0. The molecule has 0 bridgehead atoms. The molecule has 28 heavy (non-hydrogen) atoms. The second kappa shape index (κ2) is 8.78. The number of likely N-dealkylation sites (tertiary alicyclic amines) is 1. The lowest BCUT2D eigenvalue weighted by Gasteiger charge is -2.32. The van der Waals surface area contributed by atoms with Gasteiger partial charge in [0.1, 0.15) is 0 Å². The number of nitrogens with one attached hydrogen (secondary N) is 2. The summed E-state index contributed by atoms with van der Waals surface area (Å²) in [6.07, 6.45) is 5.75. The second-order valence-corrected chi connectivity index (χ2v) is 8.04. The Hall–Kier alpha value is -2.34. The quantitative estimate of drug-likeness (QED) is 0.833. The molecule has 1 aromatic carbocycles. The molecule has 2 aliphatic rings. The highest BCUT2D eigenvalue weighted by molar-refractivity contribution is 5.45. The van der Waals surface area contributed by atoms with Crippen molar-refractivity contribution in [3.05, 3.63) is 51.9 Å². The summed E-state index contributed by atoms with van der Waals surface area (Å²) < 4.78 is 0. The van der Waals surface area contributed by atoms with E-state index in [0.717, 1.165) is 62.9 Å². The minimum absolute atomic E-state index is 0.0168. The first-order valence-corrected chi connectivity index (χ1v) is 10.6. The molecule has 2 aliphatic heterocycles. The van der Waals surface area contributed by atoms with Crippen LogP contribution < -0.4 is 15.8 Å². The van der Waals surface area contributed by atoms with Crippen LogP contribution in [-0.2, 0) is 6.54 Å². The molecule has 4 rings (SSSR count). The fraction of sp³-hybridized carbons (Fsp3) is 0.545. The van der Waals surface area contributed by atoms with Crippen LogP contribution in [-0.4, -0.2) is 48.1 Å². The molecular formula is C22H31N5O. The van der Waals surface area contributed by atoms with Crippen molar-refractivity contribution in [3.63, 3.8) is 0 Å². The predicted octanol–water partition coefficient (Wildman–Crippen LogP) is 3.18. The van der Waals surface area contributed by atoms with Gasteiger partial charge in [-0.2, -0.15) is 0 Å². The zero-order valence-corrected chi connectivity index (χ0v) is 16.8. The van der Waals surface area contributed by atoms with Crippen LogP contribution in [0.5, 0.6) is 0 Å². The van der Waals surface area contributed by atoms with E-state index in [1.807, 2.05) is 7.05 Å². The fourth-order valence-electron chi connectivity index (χ4n) is 4.40. The third kappa shape index (κ3) is 4.55. The first kappa shape index (κ1) is 19.0. The molecule has 0 unspecified atom stereocenters. The third-order valence-corrected chi connectivity index (χ3v) is 6.03. The maximum absolute atomic E-state index is 12.2. The Balaban J connectivity index is 1.39. The van der Waals surface area contributed by atoms with Crippen molar-refractivity contribution in [1.82, 2.24) is 14.9 Å². The van der Waals surface area contributed by atoms with E-state index in [4.69, 9.17) is 4.98 Å². The molecule has 0 amide bonds. The Kier molecular flexibility index (Phi) is 5.95. The molecule has 0 saturated carbocycles. The lowest BCUT2D eigenvalue weighted by Crippen LogP contribution is -2.35. The van der Waals surface area contributed by atoms with E-state index >= 15 is 0 Å². The number of aromatic amines is 1. The molecule has 0 radical (unpaired) electrons. The van der Waals surface area contributed by atoms with Gasteiger partial charge < -0.3 is 10.2 Å². The Labute approximate surface area is 167 Å². The highest BCUT2D eigenvalue weighted by atomic mass is 16.1. The summed E-state index contributed by atoms with van der Waals surface area (Å²) in [6, 6.07) is 10.3. The number of hydrogen-bond donors (Lipinski definition) is 2. The van der Waals surface area contributed by atoms with Gasteiger partial charge in [-0.05, 0) is 62.9 Å². The number of hydrogen-bond acceptors (Lipinski definition) is 5. The summed E-state index contributed by atoms with van der Waals surface area (Å²) in [5.41, 5.74) is 3.45. The maximum Gasteiger partial charge on any atom is 0.252 e. The zero-order chi connectivity index (χ0) is 19.3. The molecule has 0 atom stereocenters. The first-order valence-electron chi connectivity index (χ1n) is 10.6. The van der Waals surface area contributed by atoms with Crippen molar-refractivity contribution in [2.75, 3.05) is 43.4 Å². The summed E-state index contributed by atoms with van der Waals surface area (Å²) in [5.74, 6) is 1.15. The third-order valence-electron chi connectivity index (χ3n) is 6.03. The lowest BCUT2D eigenvalue weighted by molar-refractivity contribution is 0.203. The van der Waals surface area contributed by atoms with Crippen LogP contribution in [0, 0.1) is 0 Å². The summed E-state index contributed by atoms with van der Waals surface area (Å²) in [4.78, 5) is 24.8. The van der Waals surface area contributed by atoms with Crippen molar-refractivity contribution >= 4 is 11.6 Å². The average molecular weight is 382 g/mol. The zero-order valence-electron chi connectivity index (χ0n) is 16.8. The van der Waals surface area contributed by atoms with Crippen molar-refractivity contribution in [1.29, 1.82) is 0 Å². The summed E-state index contributed by atoms with van der Waals surface area (Å²) in [5, 5.41) is 3.21. The van der Waals surface area contributed by atoms with E-state index in [2.05, 4.69) is 44.4 Å². The van der Waals surface area contributed by atoms with Gasteiger partial charge in [0, 0.05) is 44.4 Å². The van der Waals surface area contributed by atoms with E-state index < -0.39 is 0 Å². The minimum Gasteiger partial charge on any atom is -0.388 e. The van der Waals surface area contributed by atoms with Crippen LogP contribution in [0.15, 0.2) is 35.1 Å². The number of nitrogens with zero attached hydrogens (tertiary/aromatic N) is 3. The fourth-order valence-corrected chi connectivity index (χ4v) is 4.40. The van der Waals surface area contributed by atoms with Crippen LogP contribution in [0.2, 0.25) is 0 Å². The Morgan fingerprint density at radius 3 is 2.64 bits per heavy atom. The first-order chi connectivity index (χ1) is 13.7. The summed E-state index contributed by atoms with van der Waals surface area (Å²) in [7, 11) is 1.96. The van der Waals surface area contributed by atoms with E-state index in [0.29, 0.717) is 5.92 Å². The SMILES string of the molecule is CNc1cccc(CN2CCC(c3cc(=O)[nH]c(N4CCCCC4)n3)CC2)c1. The average Bonchev–Trinajstić information content (AvgIpc) is 2.74. The molecule has 2 fully saturated rings. The van der Waals surface area contributed by atoms with Crippen LogP contribution in [0.25, 0.3) is 0 Å². The molecule has 2 N–H and O–H groups in total. The molecule has 6 heteroatoms. The molecule has 0 spiro atoms. The number of piperidine rings is 2. The molecule has 1 aromatic heterocycles. The molecule has 0 aliphatic carbocycles. The van der Waals surface area contributed by atoms with Gasteiger partial charge in [-0.25, -0.2) is 4.98 Å². The number of aromatic nitrogens is 2. The highest BCUT2D eigenvalue weighted by Crippen LogP contribution is 2.28.